The van der Waals surface area contributed by atoms with Crippen LogP contribution >= 0.6 is 11.3 Å². The predicted octanol–water partition coefficient (Wildman–Crippen LogP) is 1.10. The Balaban J connectivity index is 1.75. The fourth-order valence-corrected chi connectivity index (χ4v) is 3.78. The van der Waals surface area contributed by atoms with Gasteiger partial charge in [0.2, 0.25) is 0 Å². The molecule has 0 aliphatic heterocycles. The minimum atomic E-state index is -3.80. The second kappa shape index (κ2) is 5.11. The molecule has 1 fully saturated rings. The molecule has 0 bridgehead atoms. The van der Waals surface area contributed by atoms with Crippen LogP contribution in [0.5, 0.6) is 0 Å². The molecule has 1 aliphatic rings. The van der Waals surface area contributed by atoms with Crippen molar-refractivity contribution in [3.63, 3.8) is 0 Å². The van der Waals surface area contributed by atoms with Crippen LogP contribution in [0.4, 0.5) is 5.13 Å². The average Bonchev–Trinajstić information content (AvgIpc) is 2.95. The van der Waals surface area contributed by atoms with E-state index in [0.717, 1.165) is 29.4 Å². The van der Waals surface area contributed by atoms with Gasteiger partial charge in [-0.05, 0) is 12.8 Å². The van der Waals surface area contributed by atoms with Gasteiger partial charge in [-0.15, -0.1) is 11.3 Å². The third-order valence-corrected chi connectivity index (χ3v) is 5.16. The molecule has 8 nitrogen and oxygen atoms in total. The van der Waals surface area contributed by atoms with Crippen LogP contribution in [0.25, 0.3) is 0 Å². The van der Waals surface area contributed by atoms with Gasteiger partial charge >= 0.3 is 5.97 Å². The summed E-state index contributed by atoms with van der Waals surface area (Å²) in [6.07, 6.45) is 4.47. The normalized spacial score (nSPS) is 15.0. The van der Waals surface area contributed by atoms with Crippen molar-refractivity contribution in [2.24, 2.45) is 0 Å². The molecule has 0 radical (unpaired) electrons. The maximum absolute atomic E-state index is 12.2. The van der Waals surface area contributed by atoms with Crippen molar-refractivity contribution < 1.29 is 18.3 Å². The number of anilines is 1. The van der Waals surface area contributed by atoms with Gasteiger partial charge in [0.25, 0.3) is 10.0 Å². The summed E-state index contributed by atoms with van der Waals surface area (Å²) in [6.45, 7) is -0.390. The Morgan fingerprint density at radius 2 is 2.29 bits per heavy atom. The minimum absolute atomic E-state index is 0.0908. The Morgan fingerprint density at radius 1 is 1.52 bits per heavy atom. The Bertz CT molecular complexity index is 776. The molecule has 2 aromatic heterocycles. The van der Waals surface area contributed by atoms with Crippen molar-refractivity contribution in [1.29, 1.82) is 0 Å². The number of aromatic nitrogens is 3. The number of carboxylic acids is 1. The smallest absolute Gasteiger partial charge is 0.325 e. The Labute approximate surface area is 124 Å². The molecule has 1 saturated carbocycles. The van der Waals surface area contributed by atoms with Gasteiger partial charge in [-0.2, -0.15) is 5.10 Å². The predicted molar refractivity (Wildman–Crippen MR) is 74.8 cm³/mol. The monoisotopic (exact) mass is 328 g/mol. The van der Waals surface area contributed by atoms with E-state index < -0.39 is 22.5 Å². The van der Waals surface area contributed by atoms with Gasteiger partial charge in [0.15, 0.2) is 5.13 Å². The van der Waals surface area contributed by atoms with Crippen LogP contribution < -0.4 is 4.72 Å². The van der Waals surface area contributed by atoms with Gasteiger partial charge in [0.05, 0.1) is 11.9 Å². The van der Waals surface area contributed by atoms with E-state index in [1.165, 1.54) is 17.5 Å². The molecule has 2 N–H and O–H groups in total. The van der Waals surface area contributed by atoms with Crippen LogP contribution in [-0.2, 0) is 21.4 Å². The van der Waals surface area contributed by atoms with E-state index in [9.17, 15) is 13.2 Å². The Kier molecular flexibility index (Phi) is 3.41. The van der Waals surface area contributed by atoms with E-state index >= 15 is 0 Å². The zero-order valence-electron chi connectivity index (χ0n) is 10.8. The highest BCUT2D eigenvalue weighted by Crippen LogP contribution is 2.41. The molecule has 0 amide bonds. The van der Waals surface area contributed by atoms with E-state index in [4.69, 9.17) is 5.11 Å². The van der Waals surface area contributed by atoms with Gasteiger partial charge in [0.1, 0.15) is 11.4 Å². The van der Waals surface area contributed by atoms with Gasteiger partial charge in [-0.3, -0.25) is 14.2 Å². The first-order chi connectivity index (χ1) is 9.94. The van der Waals surface area contributed by atoms with E-state index in [-0.39, 0.29) is 4.90 Å². The highest BCUT2D eigenvalue weighted by Gasteiger charge is 2.27. The number of hydrogen-bond acceptors (Lipinski definition) is 6. The molecular formula is C11H12N4O4S2. The second-order valence-electron chi connectivity index (χ2n) is 4.72. The minimum Gasteiger partial charge on any atom is -0.480 e. The first-order valence-corrected chi connectivity index (χ1v) is 8.53. The highest BCUT2D eigenvalue weighted by atomic mass is 32.2. The van der Waals surface area contributed by atoms with Crippen LogP contribution in [0.1, 0.15) is 24.5 Å². The number of sulfonamides is 1. The van der Waals surface area contributed by atoms with Gasteiger partial charge in [0, 0.05) is 17.5 Å². The van der Waals surface area contributed by atoms with Crippen molar-refractivity contribution in [3.8, 4) is 0 Å². The summed E-state index contributed by atoms with van der Waals surface area (Å²) in [6, 6.07) is 0. The van der Waals surface area contributed by atoms with Crippen LogP contribution in [-0.4, -0.2) is 34.3 Å². The highest BCUT2D eigenvalue weighted by molar-refractivity contribution is 7.93. The first kappa shape index (κ1) is 14.0. The Morgan fingerprint density at radius 3 is 2.95 bits per heavy atom. The number of carbonyl (C=O) groups is 1. The van der Waals surface area contributed by atoms with Crippen molar-refractivity contribution in [3.05, 3.63) is 23.5 Å². The third kappa shape index (κ3) is 3.22. The zero-order valence-corrected chi connectivity index (χ0v) is 12.4. The molecule has 112 valence electrons. The molecule has 10 heteroatoms. The number of rotatable bonds is 6. The number of aliphatic carboxylic acids is 1. The summed E-state index contributed by atoms with van der Waals surface area (Å²) in [5.41, 5.74) is 0.916. The van der Waals surface area contributed by atoms with Crippen LogP contribution in [0, 0.1) is 0 Å². The van der Waals surface area contributed by atoms with Gasteiger partial charge in [-0.25, -0.2) is 13.4 Å². The largest absolute Gasteiger partial charge is 0.480 e. The number of nitrogens with zero attached hydrogens (tertiary/aromatic N) is 3. The average molecular weight is 328 g/mol. The van der Waals surface area contributed by atoms with Crippen LogP contribution in [0.2, 0.25) is 0 Å². The maximum atomic E-state index is 12.2. The number of nitrogens with one attached hydrogen (secondary N) is 1. The summed E-state index contributed by atoms with van der Waals surface area (Å²) in [5, 5.41) is 14.5. The van der Waals surface area contributed by atoms with Gasteiger partial charge in [-0.1, -0.05) is 0 Å². The number of carboxylic acid groups (broad SMARTS) is 1. The second-order valence-corrected chi connectivity index (χ2v) is 7.27. The van der Waals surface area contributed by atoms with Crippen LogP contribution in [0.15, 0.2) is 22.7 Å². The molecule has 1 aliphatic carbocycles. The molecule has 0 aromatic carbocycles. The standard InChI is InChI=1S/C11H12N4O4S2/c16-10(17)5-15-4-8(3-12-15)21(18,19)14-11-13-9(6-20-11)7-1-2-7/h3-4,6-7H,1-2,5H2,(H,13,14)(H,16,17). The third-order valence-electron chi connectivity index (χ3n) is 2.96. The number of thiazole rings is 1. The van der Waals surface area contributed by atoms with E-state index in [1.807, 2.05) is 5.38 Å². The molecular weight excluding hydrogens is 316 g/mol. The van der Waals surface area contributed by atoms with E-state index in [1.54, 1.807) is 0 Å². The zero-order chi connectivity index (χ0) is 15.0. The van der Waals surface area contributed by atoms with E-state index in [0.29, 0.717) is 11.0 Å². The molecule has 21 heavy (non-hydrogen) atoms. The van der Waals surface area contributed by atoms with Gasteiger partial charge < -0.3 is 5.11 Å². The lowest BCUT2D eigenvalue weighted by molar-refractivity contribution is -0.137. The maximum Gasteiger partial charge on any atom is 0.325 e. The lowest BCUT2D eigenvalue weighted by atomic mass is 10.3. The molecule has 0 unspecified atom stereocenters. The molecule has 2 aromatic rings. The number of hydrogen-bond donors (Lipinski definition) is 2. The quantitative estimate of drug-likeness (QED) is 0.821. The fourth-order valence-electron chi connectivity index (χ4n) is 1.78. The lowest BCUT2D eigenvalue weighted by Gasteiger charge is -2.01. The summed E-state index contributed by atoms with van der Waals surface area (Å²) < 4.78 is 27.7. The Hall–Kier alpha value is -1.94. The van der Waals surface area contributed by atoms with Crippen molar-refractivity contribution in [2.45, 2.75) is 30.2 Å². The molecule has 0 saturated heterocycles. The lowest BCUT2D eigenvalue weighted by Crippen LogP contribution is -2.13. The molecule has 0 atom stereocenters. The van der Waals surface area contributed by atoms with Crippen molar-refractivity contribution >= 4 is 32.5 Å². The summed E-state index contributed by atoms with van der Waals surface area (Å²) >= 11 is 1.23. The summed E-state index contributed by atoms with van der Waals surface area (Å²) in [5.74, 6) is -0.637. The molecule has 3 rings (SSSR count). The topological polar surface area (TPSA) is 114 Å². The van der Waals surface area contributed by atoms with Crippen molar-refractivity contribution in [1.82, 2.24) is 14.8 Å². The summed E-state index contributed by atoms with van der Waals surface area (Å²) in [4.78, 5) is 14.7. The summed E-state index contributed by atoms with van der Waals surface area (Å²) in [7, 11) is -3.80. The first-order valence-electron chi connectivity index (χ1n) is 6.16. The molecule has 2 heterocycles. The van der Waals surface area contributed by atoms with Crippen LogP contribution in [0.3, 0.4) is 0 Å². The fraction of sp³-hybridized carbons (Fsp3) is 0.364. The van der Waals surface area contributed by atoms with Crippen molar-refractivity contribution in [2.75, 3.05) is 4.72 Å². The molecule has 0 spiro atoms. The SMILES string of the molecule is O=C(O)Cn1cc(S(=O)(=O)Nc2nc(C3CC3)cs2)cn1. The van der Waals surface area contributed by atoms with E-state index in [2.05, 4.69) is 14.8 Å².